The molecule has 12 heteroatoms. The second kappa shape index (κ2) is 13.3. The number of likely N-dealkylation sites (tertiary alicyclic amines) is 1. The highest BCUT2D eigenvalue weighted by Crippen LogP contribution is 2.20. The molecule has 182 valence electrons. The van der Waals surface area contributed by atoms with Gasteiger partial charge in [0.05, 0.1) is 12.5 Å². The van der Waals surface area contributed by atoms with E-state index in [1.54, 1.807) is 0 Å². The number of thioether (sulfide) groups is 1. The van der Waals surface area contributed by atoms with Crippen LogP contribution in [0.3, 0.4) is 0 Å². The third-order valence-electron chi connectivity index (χ3n) is 5.12. The number of rotatable bonds is 13. The number of hydrogen-bond donors (Lipinski definition) is 5. The van der Waals surface area contributed by atoms with E-state index >= 15 is 0 Å². The van der Waals surface area contributed by atoms with E-state index in [0.717, 1.165) is 0 Å². The summed E-state index contributed by atoms with van der Waals surface area (Å²) in [5, 5.41) is 22.8. The van der Waals surface area contributed by atoms with Gasteiger partial charge in [0.15, 0.2) is 0 Å². The van der Waals surface area contributed by atoms with Gasteiger partial charge in [0, 0.05) is 6.54 Å². The molecule has 0 radical (unpaired) electrons. The first-order valence-electron chi connectivity index (χ1n) is 10.6. The molecule has 1 heterocycles. The van der Waals surface area contributed by atoms with Gasteiger partial charge in [0.2, 0.25) is 17.7 Å². The topological polar surface area (TPSA) is 179 Å². The molecule has 0 saturated carbocycles. The van der Waals surface area contributed by atoms with Gasteiger partial charge < -0.3 is 31.5 Å². The first-order chi connectivity index (χ1) is 15.0. The normalized spacial score (nSPS) is 18.7. The molecule has 32 heavy (non-hydrogen) atoms. The maximum atomic E-state index is 12.9. The van der Waals surface area contributed by atoms with Gasteiger partial charge in [-0.25, -0.2) is 4.79 Å². The number of nitrogens with zero attached hydrogens (tertiary/aromatic N) is 1. The zero-order chi connectivity index (χ0) is 24.4. The number of amides is 3. The lowest BCUT2D eigenvalue weighted by molar-refractivity contribution is -0.147. The van der Waals surface area contributed by atoms with E-state index in [2.05, 4.69) is 10.6 Å². The highest BCUT2D eigenvalue weighted by Gasteiger charge is 2.38. The van der Waals surface area contributed by atoms with Gasteiger partial charge in [-0.05, 0) is 43.6 Å². The number of aliphatic carboxylic acids is 2. The number of nitrogens with two attached hydrogens (primary N) is 1. The van der Waals surface area contributed by atoms with Crippen LogP contribution >= 0.6 is 11.8 Å². The summed E-state index contributed by atoms with van der Waals surface area (Å²) in [6.07, 6.45) is 2.78. The molecule has 1 fully saturated rings. The highest BCUT2D eigenvalue weighted by atomic mass is 32.2. The van der Waals surface area contributed by atoms with E-state index < -0.39 is 54.3 Å². The lowest BCUT2D eigenvalue weighted by atomic mass is 10.0. The van der Waals surface area contributed by atoms with Crippen LogP contribution in [0.2, 0.25) is 0 Å². The zero-order valence-corrected chi connectivity index (χ0v) is 19.5. The number of carbonyl (C=O) groups excluding carboxylic acids is 3. The lowest BCUT2D eigenvalue weighted by Gasteiger charge is -2.29. The van der Waals surface area contributed by atoms with E-state index in [1.807, 2.05) is 20.1 Å². The molecule has 6 N–H and O–H groups in total. The second-order valence-electron chi connectivity index (χ2n) is 8.27. The maximum absolute atomic E-state index is 12.9. The van der Waals surface area contributed by atoms with Crippen molar-refractivity contribution in [3.8, 4) is 0 Å². The molecule has 1 rings (SSSR count). The largest absolute Gasteiger partial charge is 0.481 e. The van der Waals surface area contributed by atoms with E-state index in [4.69, 9.17) is 15.9 Å². The molecular formula is C20H34N4O7S. The number of nitrogens with one attached hydrogen (secondary N) is 2. The average molecular weight is 475 g/mol. The lowest BCUT2D eigenvalue weighted by Crippen LogP contribution is -2.57. The van der Waals surface area contributed by atoms with E-state index in [1.165, 1.54) is 16.7 Å². The summed E-state index contributed by atoms with van der Waals surface area (Å²) in [4.78, 5) is 61.9. The van der Waals surface area contributed by atoms with Gasteiger partial charge in [0.25, 0.3) is 0 Å². The first-order valence-corrected chi connectivity index (χ1v) is 12.0. The fourth-order valence-electron chi connectivity index (χ4n) is 3.54. The van der Waals surface area contributed by atoms with Gasteiger partial charge in [-0.2, -0.15) is 11.8 Å². The maximum Gasteiger partial charge on any atom is 0.326 e. The van der Waals surface area contributed by atoms with Crippen LogP contribution in [0.5, 0.6) is 0 Å². The van der Waals surface area contributed by atoms with Crippen molar-refractivity contribution in [3.63, 3.8) is 0 Å². The Kier molecular flexibility index (Phi) is 11.5. The molecule has 1 aliphatic rings. The summed E-state index contributed by atoms with van der Waals surface area (Å²) in [6, 6.07) is -4.16. The molecule has 0 aromatic heterocycles. The number of hydrogen-bond acceptors (Lipinski definition) is 7. The Bertz CT molecular complexity index is 703. The van der Waals surface area contributed by atoms with Crippen LogP contribution in [0.25, 0.3) is 0 Å². The minimum Gasteiger partial charge on any atom is -0.481 e. The Hall–Kier alpha value is -2.34. The summed E-state index contributed by atoms with van der Waals surface area (Å²) in [7, 11) is 0. The van der Waals surface area contributed by atoms with Crippen LogP contribution in [0.1, 0.15) is 46.0 Å². The number of carbonyl (C=O) groups is 5. The molecule has 4 unspecified atom stereocenters. The molecule has 0 bridgehead atoms. The van der Waals surface area contributed by atoms with Crippen molar-refractivity contribution in [2.24, 2.45) is 11.7 Å². The van der Waals surface area contributed by atoms with Crippen LogP contribution in [-0.2, 0) is 24.0 Å². The van der Waals surface area contributed by atoms with E-state index in [-0.39, 0.29) is 18.2 Å². The SMILES string of the molecule is CSCCC(NC(=O)C1CCCN1C(=O)C(N)CC(C)C)C(=O)NC(CC(=O)O)C(=O)O. The van der Waals surface area contributed by atoms with Gasteiger partial charge in [0.1, 0.15) is 18.1 Å². The molecule has 1 saturated heterocycles. The van der Waals surface area contributed by atoms with Crippen molar-refractivity contribution in [1.29, 1.82) is 0 Å². The fourth-order valence-corrected chi connectivity index (χ4v) is 4.02. The predicted octanol–water partition coefficient (Wildman–Crippen LogP) is -0.367. The summed E-state index contributed by atoms with van der Waals surface area (Å²) in [5.74, 6) is -3.75. The van der Waals surface area contributed by atoms with Gasteiger partial charge in [-0.1, -0.05) is 13.8 Å². The van der Waals surface area contributed by atoms with Crippen molar-refractivity contribution in [2.45, 2.75) is 70.1 Å². The monoisotopic (exact) mass is 474 g/mol. The summed E-state index contributed by atoms with van der Waals surface area (Å²) in [6.45, 7) is 4.29. The second-order valence-corrected chi connectivity index (χ2v) is 9.25. The zero-order valence-electron chi connectivity index (χ0n) is 18.7. The van der Waals surface area contributed by atoms with Crippen LogP contribution < -0.4 is 16.4 Å². The van der Waals surface area contributed by atoms with E-state index in [0.29, 0.717) is 31.6 Å². The minimum absolute atomic E-state index is 0.214. The quantitative estimate of drug-likeness (QED) is 0.238. The Morgan fingerprint density at radius 1 is 1.12 bits per heavy atom. The molecule has 0 spiro atoms. The molecule has 0 aromatic rings. The van der Waals surface area contributed by atoms with Gasteiger partial charge >= 0.3 is 11.9 Å². The highest BCUT2D eigenvalue weighted by molar-refractivity contribution is 7.98. The molecule has 3 amide bonds. The van der Waals surface area contributed by atoms with Crippen molar-refractivity contribution < 1.29 is 34.2 Å². The summed E-state index contributed by atoms with van der Waals surface area (Å²) < 4.78 is 0. The third kappa shape index (κ3) is 8.65. The average Bonchev–Trinajstić information content (AvgIpc) is 3.18. The Balaban J connectivity index is 2.89. The fraction of sp³-hybridized carbons (Fsp3) is 0.750. The Morgan fingerprint density at radius 2 is 1.78 bits per heavy atom. The van der Waals surface area contributed by atoms with Crippen molar-refractivity contribution >= 4 is 41.4 Å². The molecule has 11 nitrogen and oxygen atoms in total. The molecule has 0 aliphatic carbocycles. The van der Waals surface area contributed by atoms with Crippen molar-refractivity contribution in [1.82, 2.24) is 15.5 Å². The smallest absolute Gasteiger partial charge is 0.326 e. The molecular weight excluding hydrogens is 440 g/mol. The minimum atomic E-state index is -1.62. The van der Waals surface area contributed by atoms with Gasteiger partial charge in [-0.15, -0.1) is 0 Å². The van der Waals surface area contributed by atoms with Crippen LogP contribution in [0, 0.1) is 5.92 Å². The van der Waals surface area contributed by atoms with E-state index in [9.17, 15) is 24.0 Å². The first kappa shape index (κ1) is 27.7. The molecule has 1 aliphatic heterocycles. The summed E-state index contributed by atoms with van der Waals surface area (Å²) >= 11 is 1.43. The van der Waals surface area contributed by atoms with Crippen LogP contribution in [0.4, 0.5) is 0 Å². The van der Waals surface area contributed by atoms with Crippen LogP contribution in [-0.4, -0.2) is 87.5 Å². The summed E-state index contributed by atoms with van der Waals surface area (Å²) in [5.41, 5.74) is 6.01. The molecule has 0 aromatic carbocycles. The van der Waals surface area contributed by atoms with Crippen molar-refractivity contribution in [3.05, 3.63) is 0 Å². The predicted molar refractivity (Wildman–Crippen MR) is 119 cm³/mol. The van der Waals surface area contributed by atoms with Crippen LogP contribution in [0.15, 0.2) is 0 Å². The third-order valence-corrected chi connectivity index (χ3v) is 5.76. The van der Waals surface area contributed by atoms with Gasteiger partial charge in [-0.3, -0.25) is 19.2 Å². The Labute approximate surface area is 191 Å². The van der Waals surface area contributed by atoms with Crippen molar-refractivity contribution in [2.75, 3.05) is 18.6 Å². The number of carboxylic acid groups (broad SMARTS) is 2. The molecule has 4 atom stereocenters. The number of carboxylic acids is 2. The Morgan fingerprint density at radius 3 is 2.31 bits per heavy atom. The standard InChI is InChI=1S/C20H34N4O7S/c1-11(2)9-12(21)19(29)24-7-4-5-15(24)18(28)22-13(6-8-32-3)17(27)23-14(20(30)31)10-16(25)26/h11-15H,4-10,21H2,1-3H3,(H,22,28)(H,23,27)(H,25,26)(H,30,31).